The van der Waals surface area contributed by atoms with Crippen LogP contribution in [0.4, 0.5) is 0 Å². The van der Waals surface area contributed by atoms with Crippen LogP contribution < -0.4 is 0 Å². The zero-order valence-electron chi connectivity index (χ0n) is 11.7. The first kappa shape index (κ1) is 14.9. The van der Waals surface area contributed by atoms with E-state index in [9.17, 15) is 13.2 Å². The summed E-state index contributed by atoms with van der Waals surface area (Å²) in [6.45, 7) is 3.19. The van der Waals surface area contributed by atoms with Crippen LogP contribution in [0, 0.1) is 0 Å². The highest BCUT2D eigenvalue weighted by atomic mass is 32.2. The highest BCUT2D eigenvalue weighted by Crippen LogP contribution is 2.25. The van der Waals surface area contributed by atoms with Crippen LogP contribution in [-0.4, -0.2) is 48.5 Å². The van der Waals surface area contributed by atoms with Gasteiger partial charge in [0.15, 0.2) is 0 Å². The molecule has 2 aliphatic heterocycles. The molecule has 0 aromatic heterocycles. The highest BCUT2D eigenvalue weighted by Gasteiger charge is 2.38. The largest absolute Gasteiger partial charge is 0.298 e. The summed E-state index contributed by atoms with van der Waals surface area (Å²) >= 11 is 0. The van der Waals surface area contributed by atoms with Crippen LogP contribution in [-0.2, 0) is 15.0 Å². The van der Waals surface area contributed by atoms with Gasteiger partial charge in [0.05, 0.1) is 6.04 Å². The summed E-state index contributed by atoms with van der Waals surface area (Å²) in [5, 5.41) is 0. The number of Topliss-reactive ketones (excluding diaryl/α,β-unsaturated/α-hetero) is 1. The van der Waals surface area contributed by atoms with Crippen molar-refractivity contribution in [3.8, 4) is 0 Å². The Morgan fingerprint density at radius 1 is 0.947 bits per heavy atom. The van der Waals surface area contributed by atoms with E-state index in [2.05, 4.69) is 0 Å². The summed E-state index contributed by atoms with van der Waals surface area (Å²) in [7, 11) is -3.46. The van der Waals surface area contributed by atoms with E-state index in [1.807, 2.05) is 0 Å². The second-order valence-corrected chi connectivity index (χ2v) is 7.44. The normalized spacial score (nSPS) is 27.9. The number of piperidine rings is 1. The van der Waals surface area contributed by atoms with Gasteiger partial charge < -0.3 is 0 Å². The Balaban J connectivity index is 2.18. The molecule has 1 unspecified atom stereocenters. The van der Waals surface area contributed by atoms with Crippen molar-refractivity contribution in [1.82, 2.24) is 8.61 Å². The fourth-order valence-corrected chi connectivity index (χ4v) is 4.96. The lowest BCUT2D eigenvalue weighted by Gasteiger charge is -2.36. The van der Waals surface area contributed by atoms with Crippen LogP contribution in [0.1, 0.15) is 51.9 Å². The fourth-order valence-electron chi connectivity index (χ4n) is 3.01. The van der Waals surface area contributed by atoms with Gasteiger partial charge in [-0.15, -0.1) is 0 Å². The van der Waals surface area contributed by atoms with Crippen LogP contribution in [0.3, 0.4) is 0 Å². The minimum atomic E-state index is -3.46. The van der Waals surface area contributed by atoms with Crippen LogP contribution in [0.2, 0.25) is 0 Å². The Labute approximate surface area is 116 Å². The summed E-state index contributed by atoms with van der Waals surface area (Å²) in [4.78, 5) is 11.7. The fraction of sp³-hybridized carbons (Fsp3) is 0.923. The number of hydrogen-bond acceptors (Lipinski definition) is 3. The predicted octanol–water partition coefficient (Wildman–Crippen LogP) is 1.55. The molecule has 110 valence electrons. The predicted molar refractivity (Wildman–Crippen MR) is 74.0 cm³/mol. The average molecular weight is 288 g/mol. The van der Waals surface area contributed by atoms with Gasteiger partial charge in [0.1, 0.15) is 5.78 Å². The van der Waals surface area contributed by atoms with Crippen molar-refractivity contribution < 1.29 is 13.2 Å². The van der Waals surface area contributed by atoms with Crippen molar-refractivity contribution in [3.63, 3.8) is 0 Å². The summed E-state index contributed by atoms with van der Waals surface area (Å²) in [5.41, 5.74) is 0. The SMILES string of the molecule is CC(=O)C1CCCCN1S(=O)(=O)N1CCCCCC1. The summed E-state index contributed by atoms with van der Waals surface area (Å²) in [5.74, 6) is -0.0295. The lowest BCUT2D eigenvalue weighted by Crippen LogP contribution is -2.53. The first-order valence-electron chi connectivity index (χ1n) is 7.31. The molecule has 1 atom stereocenters. The number of carbonyl (C=O) groups excluding carboxylic acids is 1. The maximum Gasteiger partial charge on any atom is 0.282 e. The molecule has 0 bridgehead atoms. The maximum absolute atomic E-state index is 12.7. The lowest BCUT2D eigenvalue weighted by molar-refractivity contribution is -0.121. The van der Waals surface area contributed by atoms with E-state index >= 15 is 0 Å². The molecule has 0 radical (unpaired) electrons. The summed E-state index contributed by atoms with van der Waals surface area (Å²) in [6.07, 6.45) is 6.52. The molecule has 5 nitrogen and oxygen atoms in total. The number of hydrogen-bond donors (Lipinski definition) is 0. The molecule has 0 spiro atoms. The van der Waals surface area contributed by atoms with Gasteiger partial charge in [-0.25, -0.2) is 0 Å². The molecular weight excluding hydrogens is 264 g/mol. The van der Waals surface area contributed by atoms with Crippen molar-refractivity contribution in [3.05, 3.63) is 0 Å². The minimum absolute atomic E-state index is 0.0295. The second kappa shape index (κ2) is 6.33. The Hall–Kier alpha value is -0.460. The van der Waals surface area contributed by atoms with Crippen LogP contribution in [0.25, 0.3) is 0 Å². The lowest BCUT2D eigenvalue weighted by atomic mass is 10.0. The van der Waals surface area contributed by atoms with E-state index in [4.69, 9.17) is 0 Å². The van der Waals surface area contributed by atoms with Crippen molar-refractivity contribution in [2.45, 2.75) is 57.9 Å². The van der Waals surface area contributed by atoms with E-state index in [0.717, 1.165) is 38.5 Å². The second-order valence-electron chi connectivity index (χ2n) is 5.55. The summed E-state index contributed by atoms with van der Waals surface area (Å²) < 4.78 is 28.4. The Bertz CT molecular complexity index is 414. The standard InChI is InChI=1S/C13H24N2O3S/c1-12(16)13-8-4-7-11-15(13)19(17,18)14-9-5-2-3-6-10-14/h13H,2-11H2,1H3. The third-order valence-corrected chi connectivity index (χ3v) is 6.16. The number of rotatable bonds is 3. The van der Waals surface area contributed by atoms with E-state index < -0.39 is 16.3 Å². The van der Waals surface area contributed by atoms with E-state index in [-0.39, 0.29) is 5.78 Å². The van der Waals surface area contributed by atoms with Crippen molar-refractivity contribution in [1.29, 1.82) is 0 Å². The topological polar surface area (TPSA) is 57.7 Å². The van der Waals surface area contributed by atoms with Gasteiger partial charge in [-0.1, -0.05) is 19.3 Å². The Kier molecular flexibility index (Phi) is 4.97. The number of ketones is 1. The molecule has 6 heteroatoms. The average Bonchev–Trinajstić information content (AvgIpc) is 2.68. The summed E-state index contributed by atoms with van der Waals surface area (Å²) in [6, 6.07) is -0.443. The molecule has 0 saturated carbocycles. The molecular formula is C13H24N2O3S. The number of nitrogens with zero attached hydrogens (tertiary/aromatic N) is 2. The van der Waals surface area contributed by atoms with E-state index in [1.54, 1.807) is 4.31 Å². The molecule has 0 aromatic carbocycles. The molecule has 2 aliphatic rings. The third kappa shape index (κ3) is 3.35. The minimum Gasteiger partial charge on any atom is -0.298 e. The Morgan fingerprint density at radius 2 is 1.53 bits per heavy atom. The molecule has 0 aliphatic carbocycles. The van der Waals surface area contributed by atoms with Gasteiger partial charge in [0.25, 0.3) is 10.2 Å². The van der Waals surface area contributed by atoms with E-state index in [1.165, 1.54) is 11.2 Å². The zero-order chi connectivity index (χ0) is 13.9. The molecule has 19 heavy (non-hydrogen) atoms. The van der Waals surface area contributed by atoms with Gasteiger partial charge in [-0.2, -0.15) is 17.0 Å². The molecule has 2 rings (SSSR count). The maximum atomic E-state index is 12.7. The smallest absolute Gasteiger partial charge is 0.282 e. The molecule has 0 N–H and O–H groups in total. The molecule has 2 saturated heterocycles. The molecule has 2 heterocycles. The van der Waals surface area contributed by atoms with Crippen LogP contribution in [0.5, 0.6) is 0 Å². The van der Waals surface area contributed by atoms with Crippen molar-refractivity contribution in [2.24, 2.45) is 0 Å². The first-order valence-corrected chi connectivity index (χ1v) is 8.70. The van der Waals surface area contributed by atoms with Gasteiger partial charge in [-0.05, 0) is 32.6 Å². The van der Waals surface area contributed by atoms with Crippen molar-refractivity contribution >= 4 is 16.0 Å². The first-order chi connectivity index (χ1) is 9.03. The van der Waals surface area contributed by atoms with Gasteiger partial charge in [-0.3, -0.25) is 4.79 Å². The quantitative estimate of drug-likeness (QED) is 0.791. The van der Waals surface area contributed by atoms with Gasteiger partial charge in [0, 0.05) is 19.6 Å². The molecule has 0 aromatic rings. The van der Waals surface area contributed by atoms with E-state index in [0.29, 0.717) is 26.1 Å². The molecule has 0 amide bonds. The third-order valence-electron chi connectivity index (χ3n) is 4.11. The monoisotopic (exact) mass is 288 g/mol. The number of carbonyl (C=O) groups is 1. The van der Waals surface area contributed by atoms with Crippen LogP contribution in [0.15, 0.2) is 0 Å². The van der Waals surface area contributed by atoms with Gasteiger partial charge >= 0.3 is 0 Å². The zero-order valence-corrected chi connectivity index (χ0v) is 12.5. The van der Waals surface area contributed by atoms with Crippen LogP contribution >= 0.6 is 0 Å². The Morgan fingerprint density at radius 3 is 2.11 bits per heavy atom. The van der Waals surface area contributed by atoms with Gasteiger partial charge in [0.2, 0.25) is 0 Å². The highest BCUT2D eigenvalue weighted by molar-refractivity contribution is 7.86. The molecule has 2 fully saturated rings. The van der Waals surface area contributed by atoms with Crippen molar-refractivity contribution in [2.75, 3.05) is 19.6 Å².